The second-order valence-electron chi connectivity index (χ2n) is 7.22. The fourth-order valence-corrected chi connectivity index (χ4v) is 3.84. The van der Waals surface area contributed by atoms with E-state index in [0.29, 0.717) is 16.9 Å². The first-order valence-electron chi connectivity index (χ1n) is 9.63. The lowest BCUT2D eigenvalue weighted by atomic mass is 10.0. The lowest BCUT2D eigenvalue weighted by Gasteiger charge is -2.16. The summed E-state index contributed by atoms with van der Waals surface area (Å²) in [5.41, 5.74) is 4.73. The van der Waals surface area contributed by atoms with Gasteiger partial charge in [-0.15, -0.1) is 0 Å². The fourth-order valence-electron chi connectivity index (χ4n) is 3.84. The molecule has 4 aromatic rings. The highest BCUT2D eigenvalue weighted by atomic mass is 16.6. The highest BCUT2D eigenvalue weighted by Crippen LogP contribution is 2.33. The van der Waals surface area contributed by atoms with Gasteiger partial charge in [-0.05, 0) is 17.2 Å². The number of hydrogen-bond acceptors (Lipinski definition) is 7. The van der Waals surface area contributed by atoms with E-state index in [-0.39, 0.29) is 0 Å². The van der Waals surface area contributed by atoms with Crippen LogP contribution in [0.3, 0.4) is 0 Å². The molecule has 1 saturated heterocycles. The Bertz CT molecular complexity index is 1180. The summed E-state index contributed by atoms with van der Waals surface area (Å²) < 4.78 is 7.18. The first-order valence-corrected chi connectivity index (χ1v) is 9.63. The lowest BCUT2D eigenvalue weighted by molar-refractivity contribution is -0.0511. The Morgan fingerprint density at radius 1 is 0.867 bits per heavy atom. The molecular weight excluding hydrogens is 384 g/mol. The Kier molecular flexibility index (Phi) is 4.76. The van der Waals surface area contributed by atoms with Gasteiger partial charge in [-0.3, -0.25) is 4.57 Å². The van der Waals surface area contributed by atoms with E-state index in [9.17, 15) is 15.3 Å². The first kappa shape index (κ1) is 18.8. The van der Waals surface area contributed by atoms with Gasteiger partial charge in [-0.2, -0.15) is 0 Å². The quantitative estimate of drug-likeness (QED) is 0.475. The van der Waals surface area contributed by atoms with Crippen molar-refractivity contribution in [3.05, 3.63) is 67.3 Å². The van der Waals surface area contributed by atoms with Crippen molar-refractivity contribution < 1.29 is 20.1 Å². The first-order chi connectivity index (χ1) is 14.7. The van der Waals surface area contributed by atoms with Crippen molar-refractivity contribution in [2.75, 3.05) is 6.61 Å². The van der Waals surface area contributed by atoms with Crippen LogP contribution >= 0.6 is 0 Å². The smallest absolute Gasteiger partial charge is 0.166 e. The molecule has 4 atom stereocenters. The van der Waals surface area contributed by atoms with Gasteiger partial charge in [0.05, 0.1) is 12.9 Å². The number of aliphatic hydroxyl groups is 3. The minimum absolute atomic E-state index is 0.395. The SMILES string of the molecule is OC[C@H]1O[C@@H](n2cnc3c(-c4cccc(-c5ccccc5)c4)ncnc32)[C@H](O)[C@@H]1O. The lowest BCUT2D eigenvalue weighted by Crippen LogP contribution is -2.33. The molecule has 0 bridgehead atoms. The number of nitrogens with zero attached hydrogens (tertiary/aromatic N) is 4. The topological polar surface area (TPSA) is 114 Å². The van der Waals surface area contributed by atoms with Crippen molar-refractivity contribution in [2.24, 2.45) is 0 Å². The fraction of sp³-hybridized carbons (Fsp3) is 0.227. The summed E-state index contributed by atoms with van der Waals surface area (Å²) in [4.78, 5) is 13.2. The largest absolute Gasteiger partial charge is 0.394 e. The highest BCUT2D eigenvalue weighted by Gasteiger charge is 2.44. The Morgan fingerprint density at radius 3 is 2.40 bits per heavy atom. The molecule has 8 nitrogen and oxygen atoms in total. The van der Waals surface area contributed by atoms with Crippen LogP contribution in [0.4, 0.5) is 0 Å². The van der Waals surface area contributed by atoms with E-state index in [1.165, 1.54) is 12.7 Å². The summed E-state index contributed by atoms with van der Waals surface area (Å²) in [6, 6.07) is 18.1. The molecule has 0 radical (unpaired) electrons. The number of rotatable bonds is 4. The van der Waals surface area contributed by atoms with E-state index >= 15 is 0 Å². The van der Waals surface area contributed by atoms with Gasteiger partial charge in [-0.1, -0.05) is 48.5 Å². The normalized spacial score (nSPS) is 23.8. The number of hydrogen-bond donors (Lipinski definition) is 3. The molecule has 1 aliphatic rings. The summed E-state index contributed by atoms with van der Waals surface area (Å²) in [5, 5.41) is 29.8. The van der Waals surface area contributed by atoms with Gasteiger partial charge in [0.1, 0.15) is 35.8 Å². The van der Waals surface area contributed by atoms with E-state index in [1.54, 1.807) is 4.57 Å². The average molecular weight is 404 g/mol. The minimum Gasteiger partial charge on any atom is -0.394 e. The molecule has 1 fully saturated rings. The maximum atomic E-state index is 10.4. The van der Waals surface area contributed by atoms with Gasteiger partial charge in [0.25, 0.3) is 0 Å². The molecule has 30 heavy (non-hydrogen) atoms. The number of fused-ring (bicyclic) bond motifs is 1. The Hall–Kier alpha value is -3.17. The monoisotopic (exact) mass is 404 g/mol. The van der Waals surface area contributed by atoms with Crippen molar-refractivity contribution in [3.63, 3.8) is 0 Å². The van der Waals surface area contributed by atoms with Gasteiger partial charge >= 0.3 is 0 Å². The minimum atomic E-state index is -1.21. The summed E-state index contributed by atoms with van der Waals surface area (Å²) in [6.07, 6.45) is -1.23. The van der Waals surface area contributed by atoms with E-state index in [2.05, 4.69) is 15.0 Å². The predicted octanol–water partition coefficient (Wildman–Crippen LogP) is 1.77. The second-order valence-corrected chi connectivity index (χ2v) is 7.22. The molecule has 2 aromatic carbocycles. The zero-order valence-corrected chi connectivity index (χ0v) is 15.9. The molecule has 0 saturated carbocycles. The van der Waals surface area contributed by atoms with Crippen LogP contribution in [0.5, 0.6) is 0 Å². The third kappa shape index (κ3) is 3.06. The second kappa shape index (κ2) is 7.58. The molecule has 2 aromatic heterocycles. The van der Waals surface area contributed by atoms with Crippen molar-refractivity contribution in [3.8, 4) is 22.4 Å². The van der Waals surface area contributed by atoms with Crippen molar-refractivity contribution in [1.82, 2.24) is 19.5 Å². The van der Waals surface area contributed by atoms with Gasteiger partial charge < -0.3 is 20.1 Å². The molecule has 8 heteroatoms. The third-order valence-corrected chi connectivity index (χ3v) is 5.39. The molecule has 152 valence electrons. The summed E-state index contributed by atoms with van der Waals surface area (Å²) in [5.74, 6) is 0. The Balaban J connectivity index is 1.57. The molecule has 1 aliphatic heterocycles. The van der Waals surface area contributed by atoms with Crippen LogP contribution < -0.4 is 0 Å². The standard InChI is InChI=1S/C22H20N4O4/c27-10-16-19(28)20(29)22(30-16)26-12-25-18-17(23-11-24-21(18)26)15-8-4-7-14(9-15)13-5-2-1-3-6-13/h1-9,11-12,16,19-20,22,27-29H,10H2/t16-,19-,20-,22-/m1/s1. The predicted molar refractivity (Wildman–Crippen MR) is 109 cm³/mol. The van der Waals surface area contributed by atoms with Crippen LogP contribution in [0, 0.1) is 0 Å². The molecule has 3 heterocycles. The van der Waals surface area contributed by atoms with Crippen molar-refractivity contribution in [2.45, 2.75) is 24.5 Å². The van der Waals surface area contributed by atoms with Crippen molar-refractivity contribution in [1.29, 1.82) is 0 Å². The van der Waals surface area contributed by atoms with Crippen LogP contribution in [0.15, 0.2) is 67.3 Å². The van der Waals surface area contributed by atoms with Gasteiger partial charge in [0.2, 0.25) is 0 Å². The summed E-state index contributed by atoms with van der Waals surface area (Å²) in [6.45, 7) is -0.395. The molecular formula is C22H20N4O4. The zero-order valence-electron chi connectivity index (χ0n) is 15.9. The van der Waals surface area contributed by atoms with Crippen LogP contribution in [0.1, 0.15) is 6.23 Å². The maximum Gasteiger partial charge on any atom is 0.166 e. The highest BCUT2D eigenvalue weighted by molar-refractivity contribution is 5.88. The maximum absolute atomic E-state index is 10.4. The number of aromatic nitrogens is 4. The Morgan fingerprint density at radius 2 is 1.63 bits per heavy atom. The number of imidazole rings is 1. The molecule has 5 rings (SSSR count). The number of ether oxygens (including phenoxy) is 1. The average Bonchev–Trinajstić information content (AvgIpc) is 3.35. The third-order valence-electron chi connectivity index (χ3n) is 5.39. The molecule has 0 unspecified atom stereocenters. The Labute approximate surface area is 172 Å². The van der Waals surface area contributed by atoms with Crippen LogP contribution in [-0.4, -0.2) is 59.8 Å². The molecule has 3 N–H and O–H groups in total. The molecule has 0 amide bonds. The van der Waals surface area contributed by atoms with Gasteiger partial charge in [0.15, 0.2) is 11.9 Å². The van der Waals surface area contributed by atoms with E-state index in [1.807, 2.05) is 54.6 Å². The van der Waals surface area contributed by atoms with Gasteiger partial charge in [0, 0.05) is 5.56 Å². The van der Waals surface area contributed by atoms with Crippen molar-refractivity contribution >= 4 is 11.2 Å². The number of aliphatic hydroxyl groups excluding tert-OH is 3. The molecule has 0 aliphatic carbocycles. The van der Waals surface area contributed by atoms with Crippen LogP contribution in [-0.2, 0) is 4.74 Å². The summed E-state index contributed by atoms with van der Waals surface area (Å²) in [7, 11) is 0. The van der Waals surface area contributed by atoms with E-state index in [0.717, 1.165) is 16.7 Å². The summed E-state index contributed by atoms with van der Waals surface area (Å²) >= 11 is 0. The van der Waals surface area contributed by atoms with E-state index < -0.39 is 31.1 Å². The van der Waals surface area contributed by atoms with Crippen LogP contribution in [0.25, 0.3) is 33.5 Å². The van der Waals surface area contributed by atoms with Crippen LogP contribution in [0.2, 0.25) is 0 Å². The van der Waals surface area contributed by atoms with Gasteiger partial charge in [-0.25, -0.2) is 15.0 Å². The molecule has 0 spiro atoms. The zero-order chi connectivity index (χ0) is 20.7. The number of benzene rings is 2. The van der Waals surface area contributed by atoms with E-state index in [4.69, 9.17) is 4.74 Å².